The highest BCUT2D eigenvalue weighted by molar-refractivity contribution is 7.21. The van der Waals surface area contributed by atoms with Gasteiger partial charge in [-0.2, -0.15) is 0 Å². The van der Waals surface area contributed by atoms with E-state index in [1.54, 1.807) is 16.7 Å². The summed E-state index contributed by atoms with van der Waals surface area (Å²) in [6.07, 6.45) is 3.62. The van der Waals surface area contributed by atoms with Gasteiger partial charge in [-0.3, -0.25) is 14.2 Å². The second kappa shape index (κ2) is 7.46. The number of thiazole rings is 1. The van der Waals surface area contributed by atoms with E-state index in [1.165, 1.54) is 23.5 Å². The van der Waals surface area contributed by atoms with Crippen molar-refractivity contribution in [1.29, 1.82) is 0 Å². The largest absolute Gasteiger partial charge is 0.350 e. The molecule has 1 saturated heterocycles. The lowest BCUT2D eigenvalue weighted by atomic mass is 10.2. The summed E-state index contributed by atoms with van der Waals surface area (Å²) in [6, 6.07) is 6.00. The number of carbonyl (C=O) groups excluding carboxylic acids is 1. The van der Waals surface area contributed by atoms with Gasteiger partial charge in [0.2, 0.25) is 5.91 Å². The van der Waals surface area contributed by atoms with Crippen molar-refractivity contribution < 1.29 is 9.18 Å². The zero-order valence-corrected chi connectivity index (χ0v) is 17.4. The minimum atomic E-state index is -0.335. The first-order chi connectivity index (χ1) is 14.5. The smallest absolute Gasteiger partial charge is 0.281 e. The zero-order valence-electron chi connectivity index (χ0n) is 16.6. The van der Waals surface area contributed by atoms with Gasteiger partial charge in [-0.25, -0.2) is 14.4 Å². The fraction of sp³-hybridized carbons (Fsp3) is 0.429. The van der Waals surface area contributed by atoms with Crippen LogP contribution in [0.25, 0.3) is 10.3 Å². The Morgan fingerprint density at radius 2 is 2.00 bits per heavy atom. The molecule has 5 rings (SSSR count). The number of hydrogen-bond acceptors (Lipinski definition) is 6. The topological polar surface area (TPSA) is 80.1 Å². The monoisotopic (exact) mass is 427 g/mol. The Hall–Kier alpha value is -2.81. The van der Waals surface area contributed by atoms with Gasteiger partial charge in [0.1, 0.15) is 17.7 Å². The van der Waals surface area contributed by atoms with Crippen LogP contribution in [0.5, 0.6) is 0 Å². The first-order valence-electron chi connectivity index (χ1n) is 10.2. The molecule has 1 aliphatic carbocycles. The van der Waals surface area contributed by atoms with Gasteiger partial charge in [-0.15, -0.1) is 0 Å². The lowest BCUT2D eigenvalue weighted by Crippen LogP contribution is -2.43. The molecule has 1 aliphatic heterocycles. The number of aromatic nitrogens is 3. The summed E-state index contributed by atoms with van der Waals surface area (Å²) in [6.45, 7) is 2.92. The molecule has 2 fully saturated rings. The van der Waals surface area contributed by atoms with E-state index in [9.17, 15) is 14.0 Å². The Bertz CT molecular complexity index is 1170. The van der Waals surface area contributed by atoms with Crippen molar-refractivity contribution in [2.75, 3.05) is 11.4 Å². The van der Waals surface area contributed by atoms with Crippen LogP contribution in [0.4, 0.5) is 9.52 Å². The Kier molecular flexibility index (Phi) is 4.77. The summed E-state index contributed by atoms with van der Waals surface area (Å²) in [5.41, 5.74) is 1.15. The van der Waals surface area contributed by atoms with Crippen LogP contribution in [-0.4, -0.2) is 33.0 Å². The van der Waals surface area contributed by atoms with Gasteiger partial charge in [0.25, 0.3) is 5.56 Å². The van der Waals surface area contributed by atoms with Crippen LogP contribution in [0.1, 0.15) is 43.1 Å². The number of nitrogens with one attached hydrogen (secondary N) is 1. The fourth-order valence-corrected chi connectivity index (χ4v) is 5.09. The molecule has 1 amide bonds. The van der Waals surface area contributed by atoms with E-state index in [-0.39, 0.29) is 29.4 Å². The average molecular weight is 428 g/mol. The quantitative estimate of drug-likeness (QED) is 0.677. The van der Waals surface area contributed by atoms with E-state index in [0.717, 1.165) is 37.1 Å². The van der Waals surface area contributed by atoms with Crippen molar-refractivity contribution in [3.05, 3.63) is 51.8 Å². The molecule has 1 saturated carbocycles. The van der Waals surface area contributed by atoms with Crippen molar-refractivity contribution in [1.82, 2.24) is 19.9 Å². The summed E-state index contributed by atoms with van der Waals surface area (Å²) in [5.74, 6) is 0.336. The third-order valence-electron chi connectivity index (χ3n) is 5.72. The summed E-state index contributed by atoms with van der Waals surface area (Å²) in [5, 5.41) is 3.61. The molecule has 7 nitrogen and oxygen atoms in total. The molecule has 0 radical (unpaired) electrons. The van der Waals surface area contributed by atoms with E-state index < -0.39 is 0 Å². The maximum absolute atomic E-state index is 13.1. The average Bonchev–Trinajstić information content (AvgIpc) is 3.26. The van der Waals surface area contributed by atoms with E-state index in [4.69, 9.17) is 0 Å². The van der Waals surface area contributed by atoms with E-state index in [0.29, 0.717) is 28.6 Å². The zero-order chi connectivity index (χ0) is 20.8. The van der Waals surface area contributed by atoms with Gasteiger partial charge in [0.05, 0.1) is 0 Å². The molecule has 0 bridgehead atoms. The number of halogens is 1. The minimum Gasteiger partial charge on any atom is -0.350 e. The van der Waals surface area contributed by atoms with Gasteiger partial charge in [0.15, 0.2) is 15.5 Å². The number of fused-ring (bicyclic) bond motifs is 1. The lowest BCUT2D eigenvalue weighted by molar-refractivity contribution is -0.122. The molecule has 9 heteroatoms. The van der Waals surface area contributed by atoms with E-state index in [1.807, 2.05) is 11.8 Å². The Morgan fingerprint density at radius 3 is 2.73 bits per heavy atom. The number of carbonyl (C=O) groups is 1. The molecular formula is C21H22FN5O2S. The predicted molar refractivity (Wildman–Crippen MR) is 113 cm³/mol. The molecule has 30 heavy (non-hydrogen) atoms. The van der Waals surface area contributed by atoms with Gasteiger partial charge in [0, 0.05) is 19.1 Å². The highest BCUT2D eigenvalue weighted by Crippen LogP contribution is 2.36. The van der Waals surface area contributed by atoms with Crippen LogP contribution in [0.2, 0.25) is 0 Å². The van der Waals surface area contributed by atoms with Crippen molar-refractivity contribution in [2.45, 2.75) is 51.2 Å². The number of amides is 1. The molecule has 1 atom stereocenters. The van der Waals surface area contributed by atoms with E-state index in [2.05, 4.69) is 15.3 Å². The van der Waals surface area contributed by atoms with Crippen LogP contribution in [0, 0.1) is 12.7 Å². The van der Waals surface area contributed by atoms with Gasteiger partial charge < -0.3 is 10.2 Å². The van der Waals surface area contributed by atoms with Gasteiger partial charge in [-0.05, 0) is 50.3 Å². The van der Waals surface area contributed by atoms with Crippen LogP contribution in [0.15, 0.2) is 29.1 Å². The molecule has 1 N–H and O–H groups in total. The van der Waals surface area contributed by atoms with Crippen LogP contribution < -0.4 is 15.8 Å². The van der Waals surface area contributed by atoms with Crippen LogP contribution in [-0.2, 0) is 11.3 Å². The summed E-state index contributed by atoms with van der Waals surface area (Å²) >= 11 is 1.37. The minimum absolute atomic E-state index is 0.0843. The first kappa shape index (κ1) is 19.2. The molecule has 156 valence electrons. The molecule has 0 unspecified atom stereocenters. The number of hydrogen-bond donors (Lipinski definition) is 1. The maximum atomic E-state index is 13.1. The fourth-order valence-electron chi connectivity index (χ4n) is 4.04. The molecule has 2 aliphatic rings. The molecule has 1 aromatic carbocycles. The Morgan fingerprint density at radius 1 is 1.23 bits per heavy atom. The Balaban J connectivity index is 1.37. The summed E-state index contributed by atoms with van der Waals surface area (Å²) in [4.78, 5) is 37.5. The number of benzene rings is 1. The number of nitrogens with zero attached hydrogens (tertiary/aromatic N) is 4. The second-order valence-corrected chi connectivity index (χ2v) is 8.87. The highest BCUT2D eigenvalue weighted by Gasteiger charge is 2.34. The number of aryl methyl sites for hydroxylation is 1. The lowest BCUT2D eigenvalue weighted by Gasteiger charge is -2.23. The predicted octanol–water partition coefficient (Wildman–Crippen LogP) is 2.92. The SMILES string of the molecule is Cc1nc2sc(N3CCC[C@@H]3C(=O)NCc3ccc(F)cc3)nc2c(=O)n1C1CC1. The van der Waals surface area contributed by atoms with Crippen molar-refractivity contribution in [3.63, 3.8) is 0 Å². The summed E-state index contributed by atoms with van der Waals surface area (Å²) in [7, 11) is 0. The number of rotatable bonds is 5. The van der Waals surface area contributed by atoms with Crippen molar-refractivity contribution in [3.8, 4) is 0 Å². The normalized spacial score (nSPS) is 18.9. The maximum Gasteiger partial charge on any atom is 0.281 e. The van der Waals surface area contributed by atoms with Crippen LogP contribution in [0.3, 0.4) is 0 Å². The molecule has 3 aromatic rings. The van der Waals surface area contributed by atoms with Gasteiger partial charge >= 0.3 is 0 Å². The number of anilines is 1. The molecule has 0 spiro atoms. The third kappa shape index (κ3) is 3.47. The van der Waals surface area contributed by atoms with E-state index >= 15 is 0 Å². The third-order valence-corrected chi connectivity index (χ3v) is 6.71. The molecule has 2 aromatic heterocycles. The molecular weight excluding hydrogens is 405 g/mol. The standard InChI is InChI=1S/C21H22FN5O2S/c1-12-24-19-17(20(29)27(12)15-8-9-15)25-21(30-19)26-10-2-3-16(26)18(28)23-11-13-4-6-14(22)7-5-13/h4-7,15-16H,2-3,8-11H2,1H3,(H,23,28)/t16-/m1/s1. The second-order valence-electron chi connectivity index (χ2n) is 7.91. The van der Waals surface area contributed by atoms with Gasteiger partial charge in [-0.1, -0.05) is 23.5 Å². The van der Waals surface area contributed by atoms with Crippen LogP contribution >= 0.6 is 11.3 Å². The Labute approximate surface area is 176 Å². The molecule has 3 heterocycles. The first-order valence-corrected chi connectivity index (χ1v) is 11.0. The summed E-state index contributed by atoms with van der Waals surface area (Å²) < 4.78 is 14.8. The van der Waals surface area contributed by atoms with Crippen molar-refractivity contribution in [2.24, 2.45) is 0 Å². The van der Waals surface area contributed by atoms with Crippen molar-refractivity contribution >= 4 is 32.7 Å². The highest BCUT2D eigenvalue weighted by atomic mass is 32.1.